The number of amides is 2. The number of hydrogen-bond acceptors (Lipinski definition) is 13. The van der Waals surface area contributed by atoms with Crippen molar-refractivity contribution in [2.75, 3.05) is 31.6 Å². The number of ether oxygens (including phenoxy) is 2. The number of anilines is 1. The first kappa shape index (κ1) is 53.1. The van der Waals surface area contributed by atoms with Crippen molar-refractivity contribution in [3.8, 4) is 51.1 Å². The highest BCUT2D eigenvalue weighted by atomic mass is 32.1. The molecule has 5 aromatic carbocycles. The molecule has 7 aromatic rings. The summed E-state index contributed by atoms with van der Waals surface area (Å²) in [6.07, 6.45) is 6.77. The SMILES string of the molecule is O=C(O)COc1ccc2[nH]cc(CC(NC(=O)c3ccc4c(c3)nc(-c3ccc(OCC(=O)NCCNC(=S)Nc5ccc(-c6c7ccc(=O)cc-7oc7cc(O)ccc67)c(COO)c5)cc3)n4C3CCCCC3)C(=O)O)c2c1. The van der Waals surface area contributed by atoms with Crippen molar-refractivity contribution < 1.29 is 58.5 Å². The molecule has 404 valence electrons. The molecule has 1 aliphatic heterocycles. The zero-order valence-corrected chi connectivity index (χ0v) is 43.1. The van der Waals surface area contributed by atoms with Gasteiger partial charge in [0.2, 0.25) is 0 Å². The fourth-order valence-corrected chi connectivity index (χ4v) is 10.3. The van der Waals surface area contributed by atoms with Crippen molar-refractivity contribution >= 4 is 79.7 Å². The fraction of sp³-hybridized carbons (Fsp3) is 0.224. The number of hydrogen-bond donors (Lipinski definition) is 9. The predicted molar refractivity (Wildman–Crippen MR) is 298 cm³/mol. The predicted octanol–water partition coefficient (Wildman–Crippen LogP) is 8.63. The summed E-state index contributed by atoms with van der Waals surface area (Å²) in [4.78, 5) is 75.1. The van der Waals surface area contributed by atoms with Crippen LogP contribution in [0.1, 0.15) is 59.6 Å². The molecule has 0 spiro atoms. The molecule has 2 aliphatic carbocycles. The fourth-order valence-electron chi connectivity index (χ4n) is 10.1. The van der Waals surface area contributed by atoms with E-state index in [-0.39, 0.29) is 66.5 Å². The lowest BCUT2D eigenvalue weighted by molar-refractivity contribution is -0.252. The molecule has 1 fully saturated rings. The molecule has 20 nitrogen and oxygen atoms in total. The maximum atomic E-state index is 13.7. The number of fused-ring (bicyclic) bond motifs is 4. The zero-order chi connectivity index (χ0) is 55.2. The number of aromatic amines is 1. The highest BCUT2D eigenvalue weighted by Crippen LogP contribution is 2.43. The van der Waals surface area contributed by atoms with Crippen molar-refractivity contribution in [2.24, 2.45) is 0 Å². The lowest BCUT2D eigenvalue weighted by atomic mass is 9.90. The normalized spacial score (nSPS) is 13.1. The van der Waals surface area contributed by atoms with Gasteiger partial charge in [-0.25, -0.2) is 19.5 Å². The Morgan fingerprint density at radius 2 is 1.57 bits per heavy atom. The molecule has 21 heteroatoms. The highest BCUT2D eigenvalue weighted by Gasteiger charge is 2.27. The van der Waals surface area contributed by atoms with Crippen LogP contribution >= 0.6 is 12.2 Å². The van der Waals surface area contributed by atoms with E-state index in [0.29, 0.717) is 84.0 Å². The van der Waals surface area contributed by atoms with E-state index in [1.54, 1.807) is 72.9 Å². The molecular weight excluding hydrogens is 1030 g/mol. The maximum absolute atomic E-state index is 13.7. The van der Waals surface area contributed by atoms with Crippen LogP contribution in [0.5, 0.6) is 17.2 Å². The minimum absolute atomic E-state index is 0.00509. The molecule has 79 heavy (non-hydrogen) atoms. The number of phenolic OH excluding ortho intramolecular Hbond substituents is 1. The van der Waals surface area contributed by atoms with Crippen molar-refractivity contribution in [2.45, 2.75) is 57.2 Å². The molecule has 0 radical (unpaired) electrons. The van der Waals surface area contributed by atoms with Crippen LogP contribution in [0, 0.1) is 0 Å². The Morgan fingerprint density at radius 3 is 2.35 bits per heavy atom. The van der Waals surface area contributed by atoms with Gasteiger partial charge in [-0.3, -0.25) is 19.6 Å². The first-order valence-corrected chi connectivity index (χ1v) is 25.8. The number of aromatic hydroxyl groups is 1. The van der Waals surface area contributed by atoms with Crippen molar-refractivity contribution in [3.63, 3.8) is 0 Å². The van der Waals surface area contributed by atoms with E-state index in [1.807, 2.05) is 24.3 Å². The number of carbonyl (C=O) groups is 4. The lowest BCUT2D eigenvalue weighted by Crippen LogP contribution is -2.42. The standard InChI is InChI=1S/C58H53N7O13S/c66-38-10-16-43-50(25-38)78-51-26-39(67)11-17-44(51)54(43)42-15-9-36(22-35(42)29-77-74)62-58(79)60-21-20-59-52(68)30-75-40-12-6-32(7-13-40)55-63-47-23-33(8-19-49(47)65(55)37-4-2-1-3-5-37)56(71)64-48(57(72)73)24-34-28-61-46-18-14-41(27-45(34)46)76-31-53(69)70/h6-19,22-23,25-28,37,48,61,66,74H,1-5,20-21,24,29-31H2,(H,59,68)(H,64,71)(H,69,70)(H,72,73)(H2,60,62,79). The molecule has 1 atom stereocenters. The molecule has 3 aliphatic rings. The number of nitrogens with one attached hydrogen (secondary N) is 5. The van der Waals surface area contributed by atoms with Gasteiger partial charge in [0.25, 0.3) is 11.8 Å². The summed E-state index contributed by atoms with van der Waals surface area (Å²) in [5, 5.41) is 52.2. The summed E-state index contributed by atoms with van der Waals surface area (Å²) in [6, 6.07) is 30.9. The largest absolute Gasteiger partial charge is 0.508 e. The molecule has 0 bridgehead atoms. The Balaban J connectivity index is 0.746. The number of aromatic nitrogens is 3. The number of nitrogens with zero attached hydrogens (tertiary/aromatic N) is 2. The van der Waals surface area contributed by atoms with Crippen molar-refractivity contribution in [3.05, 3.63) is 148 Å². The van der Waals surface area contributed by atoms with Crippen molar-refractivity contribution in [1.29, 1.82) is 0 Å². The molecule has 1 saturated carbocycles. The third-order valence-electron chi connectivity index (χ3n) is 13.8. The number of carboxylic acid groups (broad SMARTS) is 2. The third-order valence-corrected chi connectivity index (χ3v) is 14.0. The Kier molecular flexibility index (Phi) is 15.8. The molecule has 1 unspecified atom stereocenters. The van der Waals surface area contributed by atoms with E-state index in [1.165, 1.54) is 24.3 Å². The number of H-pyrrole nitrogens is 1. The molecule has 2 amide bonds. The van der Waals surface area contributed by atoms with Crippen LogP contribution in [-0.2, 0) is 32.3 Å². The van der Waals surface area contributed by atoms with E-state index >= 15 is 0 Å². The molecule has 3 heterocycles. The smallest absolute Gasteiger partial charge is 0.341 e. The molecule has 9 N–H and O–H groups in total. The van der Waals surface area contributed by atoms with E-state index < -0.39 is 30.5 Å². The van der Waals surface area contributed by atoms with Crippen LogP contribution in [0.3, 0.4) is 0 Å². The topological polar surface area (TPSA) is 289 Å². The second-order valence-corrected chi connectivity index (χ2v) is 19.5. The monoisotopic (exact) mass is 1090 g/mol. The molecule has 10 rings (SSSR count). The number of thiocarbonyl (C=S) groups is 1. The third kappa shape index (κ3) is 12.1. The van der Waals surface area contributed by atoms with Crippen LogP contribution in [0.4, 0.5) is 5.69 Å². The lowest BCUT2D eigenvalue weighted by Gasteiger charge is -2.25. The minimum Gasteiger partial charge on any atom is -0.508 e. The first-order chi connectivity index (χ1) is 38.3. The van der Waals surface area contributed by atoms with Gasteiger partial charge in [0.05, 0.1) is 11.0 Å². The summed E-state index contributed by atoms with van der Waals surface area (Å²) < 4.78 is 19.4. The second-order valence-electron chi connectivity index (χ2n) is 19.1. The van der Waals surface area contributed by atoms with Crippen LogP contribution in [-0.4, -0.2) is 96.3 Å². The van der Waals surface area contributed by atoms with Gasteiger partial charge in [0, 0.05) is 88.1 Å². The van der Waals surface area contributed by atoms with E-state index in [9.17, 15) is 39.4 Å². The maximum Gasteiger partial charge on any atom is 0.341 e. The number of rotatable bonds is 20. The summed E-state index contributed by atoms with van der Waals surface area (Å²) in [7, 11) is 0. The van der Waals surface area contributed by atoms with E-state index in [2.05, 4.69) is 35.7 Å². The summed E-state index contributed by atoms with van der Waals surface area (Å²) >= 11 is 5.54. The number of phenols is 1. The van der Waals surface area contributed by atoms with Gasteiger partial charge in [-0.1, -0.05) is 25.3 Å². The van der Waals surface area contributed by atoms with Gasteiger partial charge < -0.3 is 60.0 Å². The van der Waals surface area contributed by atoms with E-state index in [4.69, 9.17) is 36.2 Å². The quantitative estimate of drug-likeness (QED) is 0.0113. The number of carboxylic acids is 2. The first-order valence-electron chi connectivity index (χ1n) is 25.4. The van der Waals surface area contributed by atoms with Gasteiger partial charge in [-0.2, -0.15) is 0 Å². The Hall–Kier alpha value is -9.31. The van der Waals surface area contributed by atoms with Gasteiger partial charge in [-0.05, 0) is 139 Å². The second kappa shape index (κ2) is 23.5. The number of benzene rings is 6. The average molecular weight is 1090 g/mol. The zero-order valence-electron chi connectivity index (χ0n) is 42.2. The number of carbonyl (C=O) groups excluding carboxylic acids is 2. The van der Waals surface area contributed by atoms with Gasteiger partial charge in [-0.15, -0.1) is 0 Å². The Morgan fingerprint density at radius 1 is 0.797 bits per heavy atom. The Labute approximate surface area is 455 Å². The van der Waals surface area contributed by atoms with Crippen LogP contribution in [0.15, 0.2) is 131 Å². The molecule has 2 aromatic heterocycles. The van der Waals surface area contributed by atoms with Gasteiger partial charge >= 0.3 is 11.9 Å². The van der Waals surface area contributed by atoms with Crippen molar-refractivity contribution in [1.82, 2.24) is 30.5 Å². The van der Waals surface area contributed by atoms with Crippen LogP contribution in [0.2, 0.25) is 0 Å². The van der Waals surface area contributed by atoms with Crippen LogP contribution < -0.4 is 36.2 Å². The average Bonchev–Trinajstić information content (AvgIpc) is 4.22. The summed E-state index contributed by atoms with van der Waals surface area (Å²) in [5.41, 5.74) is 7.07. The molecule has 0 saturated heterocycles. The Bertz CT molecular complexity index is 3810. The minimum atomic E-state index is -1.29. The van der Waals surface area contributed by atoms with Gasteiger partial charge in [0.1, 0.15) is 47.1 Å². The van der Waals surface area contributed by atoms with Gasteiger partial charge in [0.15, 0.2) is 23.8 Å². The summed E-state index contributed by atoms with van der Waals surface area (Å²) in [5.74, 6) is -1.51. The van der Waals surface area contributed by atoms with E-state index in [0.717, 1.165) is 43.2 Å². The number of aliphatic carboxylic acids is 2. The van der Waals surface area contributed by atoms with Crippen LogP contribution in [0.25, 0.3) is 66.7 Å². The highest BCUT2D eigenvalue weighted by molar-refractivity contribution is 7.80. The molecular formula is C58H53N7O13S. The number of imidazole rings is 1. The summed E-state index contributed by atoms with van der Waals surface area (Å²) in [6.45, 7) is -0.441.